The fourth-order valence-electron chi connectivity index (χ4n) is 8.99. The fraction of sp³-hybridized carbons (Fsp3) is 0.388. The number of ether oxygens (including phenoxy) is 2. The number of nitrogens with one attached hydrogen (secondary N) is 2. The van der Waals surface area contributed by atoms with E-state index in [4.69, 9.17) is 30.9 Å². The number of carboxylic acid groups (broad SMARTS) is 1. The first-order chi connectivity index (χ1) is 35.1. The fourth-order valence-corrected chi connectivity index (χ4v) is 8.99. The number of amides is 7. The van der Waals surface area contributed by atoms with Crippen LogP contribution in [0.5, 0.6) is 11.5 Å². The first-order valence-corrected chi connectivity index (χ1v) is 23.8. The number of methoxy groups -OCH3 is 1. The molecule has 73 heavy (non-hydrogen) atoms. The van der Waals surface area contributed by atoms with E-state index in [0.29, 0.717) is 97.0 Å². The van der Waals surface area contributed by atoms with Gasteiger partial charge in [0.2, 0.25) is 23.7 Å². The van der Waals surface area contributed by atoms with Crippen LogP contribution in [0.3, 0.4) is 0 Å². The van der Waals surface area contributed by atoms with Gasteiger partial charge in [-0.05, 0) is 76.9 Å². The van der Waals surface area contributed by atoms with Gasteiger partial charge in [0.15, 0.2) is 0 Å². The van der Waals surface area contributed by atoms with Gasteiger partial charge in [0.25, 0.3) is 11.8 Å². The van der Waals surface area contributed by atoms with Gasteiger partial charge < -0.3 is 49.9 Å². The minimum atomic E-state index is -0.991. The van der Waals surface area contributed by atoms with Crippen LogP contribution in [0.4, 0.5) is 21.5 Å². The Kier molecular flexibility index (Phi) is 15.0. The Hall–Kier alpha value is -8.88. The molecule has 24 nitrogen and oxygen atoms in total. The summed E-state index contributed by atoms with van der Waals surface area (Å²) in [5, 5.41) is 23.9. The third kappa shape index (κ3) is 10.9. The highest BCUT2D eigenvalue weighted by Gasteiger charge is 2.30. The van der Waals surface area contributed by atoms with Crippen molar-refractivity contribution in [1.82, 2.24) is 53.4 Å². The van der Waals surface area contributed by atoms with E-state index in [1.54, 1.807) is 54.3 Å². The Morgan fingerprint density at radius 2 is 1.16 bits per heavy atom. The molecule has 7 amide bonds. The van der Waals surface area contributed by atoms with Crippen molar-refractivity contribution in [3.63, 3.8) is 0 Å². The number of aryl methyl sites for hydroxylation is 4. The van der Waals surface area contributed by atoms with E-state index in [-0.39, 0.29) is 79.3 Å². The number of fused-ring (bicyclic) bond motifs is 2. The van der Waals surface area contributed by atoms with Crippen molar-refractivity contribution >= 4 is 69.7 Å². The van der Waals surface area contributed by atoms with Crippen LogP contribution in [0.15, 0.2) is 48.6 Å². The summed E-state index contributed by atoms with van der Waals surface area (Å²) >= 11 is 0. The second-order valence-electron chi connectivity index (χ2n) is 17.5. The van der Waals surface area contributed by atoms with Crippen LogP contribution in [-0.2, 0) is 26.2 Å². The lowest BCUT2D eigenvalue weighted by Crippen LogP contribution is -2.54. The van der Waals surface area contributed by atoms with Crippen molar-refractivity contribution in [2.75, 3.05) is 63.6 Å². The lowest BCUT2D eigenvalue weighted by atomic mass is 9.98. The van der Waals surface area contributed by atoms with E-state index in [2.05, 4.69) is 32.7 Å². The Balaban J connectivity index is 1.08. The van der Waals surface area contributed by atoms with Crippen LogP contribution in [0, 0.1) is 31.6 Å². The number of hydrogen-bond acceptors (Lipinski definition) is 12. The van der Waals surface area contributed by atoms with Gasteiger partial charge in [-0.1, -0.05) is 24.0 Å². The topological polar surface area (TPSA) is 298 Å². The molecule has 6 aromatic rings. The van der Waals surface area contributed by atoms with E-state index in [0.717, 1.165) is 0 Å². The van der Waals surface area contributed by atoms with E-state index >= 15 is 0 Å². The third-order valence-corrected chi connectivity index (χ3v) is 12.7. The highest BCUT2D eigenvalue weighted by Crippen LogP contribution is 2.33. The zero-order valence-corrected chi connectivity index (χ0v) is 41.2. The third-order valence-electron chi connectivity index (χ3n) is 12.7. The summed E-state index contributed by atoms with van der Waals surface area (Å²) in [6, 6.07) is 9.26. The van der Waals surface area contributed by atoms with Gasteiger partial charge in [0, 0.05) is 82.5 Å². The maximum atomic E-state index is 13.9. The SMILES string of the molecule is CCn1nc(C)cc1C(=O)Nc1nc2cc(C(N)=O)cc(OC)c2n1CC=CCn1c(NC(=O)c2cc(C)nn2CC)nc2cc(C(N)=O)cc(OCC#CC3CCN(C(=O)N4CCN(C(=O)O)CC4)CC3)c21. The molecule has 0 aliphatic carbocycles. The monoisotopic (exact) mass is 999 g/mol. The first-order valence-electron chi connectivity index (χ1n) is 23.8. The number of aromatic nitrogens is 8. The molecule has 2 aliphatic rings. The van der Waals surface area contributed by atoms with Gasteiger partial charge in [0.1, 0.15) is 40.5 Å². The number of anilines is 2. The molecular weight excluding hydrogens is 943 g/mol. The number of likely N-dealkylation sites (tertiary alicyclic amines) is 1. The standard InChI is InChI=1S/C49H57N15O9/c1-6-63-36(23-29(3)56-63)44(67)54-46-52-34-25-32(42(50)65)27-38(72-5)40(34)61(46)14-8-9-15-62-41-35(53-47(62)55-45(68)37-24-30(4)57-64(37)7-2)26-33(43(51)66)28-39(41)73-22-10-11-31-12-16-58(17-13-31)48(69)59-18-20-60(21-19-59)49(70)71/h8-9,23-28,31H,6-7,12-22H2,1-5H3,(H2,50,65)(H2,51,66)(H,70,71)(H,52,54,67)(H,53,55,68). The number of imidazole rings is 2. The van der Waals surface area contributed by atoms with E-state index in [1.165, 1.54) is 36.3 Å². The highest BCUT2D eigenvalue weighted by atomic mass is 16.5. The molecule has 0 saturated carbocycles. The van der Waals surface area contributed by atoms with E-state index < -0.39 is 29.7 Å². The Morgan fingerprint density at radius 3 is 1.63 bits per heavy atom. The summed E-state index contributed by atoms with van der Waals surface area (Å²) in [5.41, 5.74) is 15.2. The molecule has 2 fully saturated rings. The minimum absolute atomic E-state index is 0.0122. The number of piperidine rings is 1. The summed E-state index contributed by atoms with van der Waals surface area (Å²) in [4.78, 5) is 91.4. The van der Waals surface area contributed by atoms with Crippen LogP contribution in [0.25, 0.3) is 22.1 Å². The van der Waals surface area contributed by atoms with Crippen LogP contribution >= 0.6 is 0 Å². The van der Waals surface area contributed by atoms with Crippen LogP contribution in [0.1, 0.15) is 79.8 Å². The van der Waals surface area contributed by atoms with Crippen molar-refractivity contribution in [3.8, 4) is 23.3 Å². The van der Waals surface area contributed by atoms with Crippen LogP contribution in [0.2, 0.25) is 0 Å². The summed E-state index contributed by atoms with van der Waals surface area (Å²) in [6.07, 6.45) is 3.92. The first kappa shape index (κ1) is 50.5. The Bertz CT molecular complexity index is 3230. The number of benzene rings is 2. The quantitative estimate of drug-likeness (QED) is 0.0721. The number of piperazine rings is 1. The average Bonchev–Trinajstić information content (AvgIpc) is 4.15. The number of rotatable bonds is 15. The van der Waals surface area contributed by atoms with Crippen molar-refractivity contribution in [2.24, 2.45) is 17.4 Å². The van der Waals surface area contributed by atoms with Gasteiger partial charge in [-0.25, -0.2) is 19.6 Å². The van der Waals surface area contributed by atoms with Crippen molar-refractivity contribution in [2.45, 2.75) is 66.7 Å². The molecule has 0 radical (unpaired) electrons. The van der Waals surface area contributed by atoms with Gasteiger partial charge in [-0.15, -0.1) is 0 Å². The predicted octanol–water partition coefficient (Wildman–Crippen LogP) is 3.91. The molecular formula is C49H57N15O9. The number of allylic oxidation sites excluding steroid dienone is 2. The number of nitrogens with two attached hydrogens (primary N) is 2. The molecule has 0 atom stereocenters. The normalized spacial score (nSPS) is 14.1. The van der Waals surface area contributed by atoms with Gasteiger partial charge in [0.05, 0.1) is 29.5 Å². The number of hydrogen-bond donors (Lipinski definition) is 5. The number of carbonyl (C=O) groups excluding carboxylic acids is 5. The highest BCUT2D eigenvalue weighted by molar-refractivity contribution is 6.05. The zero-order valence-electron chi connectivity index (χ0n) is 41.2. The molecule has 4 aromatic heterocycles. The number of urea groups is 1. The lowest BCUT2D eigenvalue weighted by molar-refractivity contribution is 0.0941. The molecule has 0 unspecified atom stereocenters. The maximum Gasteiger partial charge on any atom is 0.407 e. The van der Waals surface area contributed by atoms with Crippen molar-refractivity contribution < 1.29 is 43.3 Å². The van der Waals surface area contributed by atoms with E-state index in [1.807, 2.05) is 26.0 Å². The second kappa shape index (κ2) is 21.6. The molecule has 8 rings (SSSR count). The lowest BCUT2D eigenvalue weighted by Gasteiger charge is -2.38. The zero-order chi connectivity index (χ0) is 52.1. The summed E-state index contributed by atoms with van der Waals surface area (Å²) in [5.74, 6) is 4.79. The minimum Gasteiger partial charge on any atom is -0.494 e. The van der Waals surface area contributed by atoms with Crippen LogP contribution in [-0.4, -0.2) is 147 Å². The molecule has 7 N–H and O–H groups in total. The summed E-state index contributed by atoms with van der Waals surface area (Å²) in [7, 11) is 1.45. The molecule has 2 saturated heterocycles. The molecule has 0 bridgehead atoms. The summed E-state index contributed by atoms with van der Waals surface area (Å²) < 4.78 is 18.6. The van der Waals surface area contributed by atoms with Gasteiger partial charge in [-0.2, -0.15) is 10.2 Å². The maximum absolute atomic E-state index is 13.9. The molecule has 6 heterocycles. The molecule has 2 aliphatic heterocycles. The van der Waals surface area contributed by atoms with Gasteiger partial charge in [-0.3, -0.25) is 39.2 Å². The van der Waals surface area contributed by atoms with Crippen LogP contribution < -0.4 is 31.6 Å². The predicted molar refractivity (Wildman–Crippen MR) is 268 cm³/mol. The van der Waals surface area contributed by atoms with E-state index in [9.17, 15) is 33.9 Å². The molecule has 2 aromatic carbocycles. The Labute approximate surface area is 418 Å². The number of primary amides is 2. The van der Waals surface area contributed by atoms with Gasteiger partial charge >= 0.3 is 12.1 Å². The second-order valence-corrected chi connectivity index (χ2v) is 17.5. The smallest absolute Gasteiger partial charge is 0.407 e. The van der Waals surface area contributed by atoms with Crippen molar-refractivity contribution in [3.05, 3.63) is 82.5 Å². The molecule has 24 heteroatoms. The summed E-state index contributed by atoms with van der Waals surface area (Å²) in [6.45, 7) is 10.6. The number of nitrogens with zero attached hydrogens (tertiary/aromatic N) is 11. The largest absolute Gasteiger partial charge is 0.494 e. The average molecular weight is 1000 g/mol. The molecule has 382 valence electrons. The Morgan fingerprint density at radius 1 is 0.699 bits per heavy atom. The number of carbonyl (C=O) groups is 6. The molecule has 0 spiro atoms. The van der Waals surface area contributed by atoms with Crippen molar-refractivity contribution in [1.29, 1.82) is 0 Å².